The third kappa shape index (κ3) is 1.46. The van der Waals surface area contributed by atoms with Crippen molar-refractivity contribution in [3.63, 3.8) is 0 Å². The Morgan fingerprint density at radius 2 is 1.59 bits per heavy atom. The highest BCUT2D eigenvalue weighted by Gasteiger charge is 2.59. The second kappa shape index (κ2) is 3.48. The van der Waals surface area contributed by atoms with Gasteiger partial charge in [-0.05, 0) is 63.2 Å². The van der Waals surface area contributed by atoms with E-state index >= 15 is 0 Å². The van der Waals surface area contributed by atoms with E-state index in [0.29, 0.717) is 5.41 Å². The Bertz CT molecular complexity index is 284. The zero-order valence-corrected chi connectivity index (χ0v) is 11.0. The SMILES string of the molecule is CC1(C23CC4CC(CC(C4)C2)C3)CNCCO1. The van der Waals surface area contributed by atoms with Gasteiger partial charge in [0.25, 0.3) is 0 Å². The van der Waals surface area contributed by atoms with Crippen molar-refractivity contribution in [2.45, 2.75) is 51.0 Å². The molecule has 4 aliphatic carbocycles. The smallest absolute Gasteiger partial charge is 0.0835 e. The topological polar surface area (TPSA) is 21.3 Å². The Morgan fingerprint density at radius 1 is 1.00 bits per heavy atom. The van der Waals surface area contributed by atoms with Crippen molar-refractivity contribution in [2.75, 3.05) is 19.7 Å². The average Bonchev–Trinajstić information content (AvgIpc) is 2.28. The van der Waals surface area contributed by atoms with Crippen molar-refractivity contribution in [3.8, 4) is 0 Å². The minimum atomic E-state index is 0.126. The summed E-state index contributed by atoms with van der Waals surface area (Å²) in [5.74, 6) is 3.09. The van der Waals surface area contributed by atoms with E-state index in [1.807, 2.05) is 0 Å². The molecule has 0 radical (unpaired) electrons. The van der Waals surface area contributed by atoms with E-state index < -0.39 is 0 Å². The Balaban J connectivity index is 1.67. The van der Waals surface area contributed by atoms with Crippen LogP contribution >= 0.6 is 0 Å². The Hall–Kier alpha value is -0.0800. The van der Waals surface area contributed by atoms with E-state index in [1.54, 1.807) is 0 Å². The van der Waals surface area contributed by atoms with Gasteiger partial charge < -0.3 is 10.1 Å². The molecule has 1 aliphatic heterocycles. The van der Waals surface area contributed by atoms with Gasteiger partial charge in [0.2, 0.25) is 0 Å². The van der Waals surface area contributed by atoms with Crippen LogP contribution < -0.4 is 5.32 Å². The van der Waals surface area contributed by atoms with Crippen molar-refractivity contribution in [1.29, 1.82) is 0 Å². The molecule has 0 aromatic carbocycles. The molecule has 4 saturated carbocycles. The standard InChI is InChI=1S/C15H25NO/c1-14(10-16-2-3-17-14)15-7-11-4-12(8-15)6-13(5-11)9-15/h11-13,16H,2-10H2,1H3. The number of rotatable bonds is 1. The molecular formula is C15H25NO. The Morgan fingerprint density at radius 3 is 2.06 bits per heavy atom. The molecule has 0 amide bonds. The van der Waals surface area contributed by atoms with E-state index in [1.165, 1.54) is 38.5 Å². The first kappa shape index (κ1) is 10.8. The quantitative estimate of drug-likeness (QED) is 0.754. The summed E-state index contributed by atoms with van der Waals surface area (Å²) in [6, 6.07) is 0. The number of morpholine rings is 1. The summed E-state index contributed by atoms with van der Waals surface area (Å²) < 4.78 is 6.29. The predicted molar refractivity (Wildman–Crippen MR) is 67.8 cm³/mol. The van der Waals surface area contributed by atoms with Crippen LogP contribution in [0.4, 0.5) is 0 Å². The van der Waals surface area contributed by atoms with Crippen LogP contribution in [0, 0.1) is 23.2 Å². The molecule has 5 fully saturated rings. The average molecular weight is 235 g/mol. The summed E-state index contributed by atoms with van der Waals surface area (Å²) in [4.78, 5) is 0. The third-order valence-corrected chi connectivity index (χ3v) is 6.32. The lowest BCUT2D eigenvalue weighted by Crippen LogP contribution is -2.63. The minimum absolute atomic E-state index is 0.126. The lowest BCUT2D eigenvalue weighted by atomic mass is 9.45. The Labute approximate surface area is 104 Å². The summed E-state index contributed by atoms with van der Waals surface area (Å²) >= 11 is 0. The molecule has 2 heteroatoms. The first-order chi connectivity index (χ1) is 8.19. The fourth-order valence-electron chi connectivity index (χ4n) is 5.83. The molecule has 2 nitrogen and oxygen atoms in total. The maximum absolute atomic E-state index is 6.29. The van der Waals surface area contributed by atoms with Gasteiger partial charge in [-0.15, -0.1) is 0 Å². The zero-order chi connectivity index (χ0) is 11.5. The van der Waals surface area contributed by atoms with Gasteiger partial charge in [0.05, 0.1) is 12.2 Å². The monoisotopic (exact) mass is 235 g/mol. The van der Waals surface area contributed by atoms with Crippen LogP contribution in [-0.4, -0.2) is 25.3 Å². The molecule has 1 saturated heterocycles. The molecule has 5 rings (SSSR count). The lowest BCUT2D eigenvalue weighted by molar-refractivity contribution is -0.204. The zero-order valence-electron chi connectivity index (χ0n) is 11.0. The second-order valence-electron chi connectivity index (χ2n) is 7.45. The molecule has 17 heavy (non-hydrogen) atoms. The largest absolute Gasteiger partial charge is 0.372 e. The van der Waals surface area contributed by atoms with Gasteiger partial charge in [-0.2, -0.15) is 0 Å². The first-order valence-electron chi connectivity index (χ1n) is 7.54. The summed E-state index contributed by atoms with van der Waals surface area (Å²) in [5.41, 5.74) is 0.649. The maximum Gasteiger partial charge on any atom is 0.0835 e. The fraction of sp³-hybridized carbons (Fsp3) is 1.00. The molecule has 96 valence electrons. The summed E-state index contributed by atoms with van der Waals surface area (Å²) in [6.45, 7) is 5.44. The van der Waals surface area contributed by atoms with Gasteiger partial charge in [0.1, 0.15) is 0 Å². The lowest BCUT2D eigenvalue weighted by Gasteiger charge is -2.63. The van der Waals surface area contributed by atoms with E-state index in [0.717, 1.165) is 37.5 Å². The van der Waals surface area contributed by atoms with Gasteiger partial charge >= 0.3 is 0 Å². The molecule has 0 spiro atoms. The summed E-state index contributed by atoms with van der Waals surface area (Å²) in [5, 5.41) is 3.58. The molecule has 0 aromatic rings. The molecule has 1 unspecified atom stereocenters. The van der Waals surface area contributed by atoms with Gasteiger partial charge in [0.15, 0.2) is 0 Å². The van der Waals surface area contributed by atoms with Crippen LogP contribution in [0.2, 0.25) is 0 Å². The highest BCUT2D eigenvalue weighted by atomic mass is 16.5. The van der Waals surface area contributed by atoms with Gasteiger partial charge in [-0.1, -0.05) is 0 Å². The number of hydrogen-bond donors (Lipinski definition) is 1. The van der Waals surface area contributed by atoms with E-state index in [2.05, 4.69) is 12.2 Å². The van der Waals surface area contributed by atoms with Crippen LogP contribution in [0.3, 0.4) is 0 Å². The van der Waals surface area contributed by atoms with Gasteiger partial charge in [-0.25, -0.2) is 0 Å². The van der Waals surface area contributed by atoms with Gasteiger partial charge in [0, 0.05) is 18.5 Å². The molecular weight excluding hydrogens is 210 g/mol. The van der Waals surface area contributed by atoms with Gasteiger partial charge in [-0.3, -0.25) is 0 Å². The van der Waals surface area contributed by atoms with Crippen molar-refractivity contribution in [3.05, 3.63) is 0 Å². The van der Waals surface area contributed by atoms with Crippen molar-refractivity contribution in [2.24, 2.45) is 23.2 Å². The summed E-state index contributed by atoms with van der Waals surface area (Å²) in [7, 11) is 0. The van der Waals surface area contributed by atoms with E-state index in [-0.39, 0.29) is 5.60 Å². The normalized spacial score (nSPS) is 57.4. The number of ether oxygens (including phenoxy) is 1. The summed E-state index contributed by atoms with van der Waals surface area (Å²) in [6.07, 6.45) is 8.96. The molecule has 1 heterocycles. The van der Waals surface area contributed by atoms with E-state index in [9.17, 15) is 0 Å². The van der Waals surface area contributed by atoms with Crippen LogP contribution in [0.1, 0.15) is 45.4 Å². The molecule has 5 aliphatic rings. The van der Waals surface area contributed by atoms with Crippen LogP contribution in [0.25, 0.3) is 0 Å². The number of hydrogen-bond acceptors (Lipinski definition) is 2. The van der Waals surface area contributed by atoms with E-state index in [4.69, 9.17) is 4.74 Å². The highest BCUT2D eigenvalue weighted by Crippen LogP contribution is 2.64. The van der Waals surface area contributed by atoms with Crippen molar-refractivity contribution in [1.82, 2.24) is 5.32 Å². The van der Waals surface area contributed by atoms with Crippen molar-refractivity contribution >= 4 is 0 Å². The predicted octanol–water partition coefficient (Wildman–Crippen LogP) is 2.58. The van der Waals surface area contributed by atoms with Crippen molar-refractivity contribution < 1.29 is 4.74 Å². The molecule has 0 aromatic heterocycles. The molecule has 1 atom stereocenters. The number of nitrogens with one attached hydrogen (secondary N) is 1. The minimum Gasteiger partial charge on any atom is -0.372 e. The van der Waals surface area contributed by atoms with Crippen LogP contribution in [0.5, 0.6) is 0 Å². The highest BCUT2D eigenvalue weighted by molar-refractivity contribution is 5.10. The van der Waals surface area contributed by atoms with Crippen LogP contribution in [0.15, 0.2) is 0 Å². The second-order valence-corrected chi connectivity index (χ2v) is 7.45. The molecule has 1 N–H and O–H groups in total. The molecule has 4 bridgehead atoms. The maximum atomic E-state index is 6.29. The van der Waals surface area contributed by atoms with Crippen LogP contribution in [-0.2, 0) is 4.74 Å². The first-order valence-corrected chi connectivity index (χ1v) is 7.54. The third-order valence-electron chi connectivity index (χ3n) is 6.32. The Kier molecular flexibility index (Phi) is 2.21. The fourth-order valence-corrected chi connectivity index (χ4v) is 5.83.